The molecule has 0 heterocycles. The van der Waals surface area contributed by atoms with Gasteiger partial charge in [0.05, 0.1) is 6.07 Å². The number of nitriles is 1. The molecule has 0 aromatic heterocycles. The van der Waals surface area contributed by atoms with Crippen LogP contribution in [0.15, 0.2) is 12.1 Å². The molecule has 0 spiro atoms. The minimum Gasteiger partial charge on any atom is -0.507 e. The monoisotopic (exact) mass is 347 g/mol. The van der Waals surface area contributed by atoms with Gasteiger partial charge in [0, 0.05) is 11.7 Å². The van der Waals surface area contributed by atoms with Gasteiger partial charge < -0.3 is 5.11 Å². The third kappa shape index (κ3) is 5.74. The van der Waals surface area contributed by atoms with Crippen LogP contribution in [-0.2, 0) is 10.8 Å². The average Bonchev–Trinajstić information content (AvgIpc) is 2.44. The smallest absolute Gasteiger partial charge is 0.123 e. The molecule has 24 heavy (non-hydrogen) atoms. The zero-order valence-electron chi connectivity index (χ0n) is 16.1. The Bertz CT molecular complexity index is 552. The van der Waals surface area contributed by atoms with Crippen LogP contribution in [0.5, 0.6) is 5.75 Å². The molecule has 1 rings (SSSR count). The summed E-state index contributed by atoms with van der Waals surface area (Å²) in [5, 5.41) is 19.5. The standard InChI is InChI=1S/C21H33NOS/c1-20(2,3)16-13-15(14-17(19(16)23)21(4,5)6)18(24)11-9-7-8-10-12-22/h13-14,18,23-24H,7-11H2,1-6H3. The predicted molar refractivity (Wildman–Crippen MR) is 106 cm³/mol. The fourth-order valence-electron chi connectivity index (χ4n) is 2.88. The summed E-state index contributed by atoms with van der Waals surface area (Å²) in [5.74, 6) is 0.424. The number of phenolic OH excluding ortho intramolecular Hbond substituents is 1. The zero-order valence-corrected chi connectivity index (χ0v) is 17.0. The van der Waals surface area contributed by atoms with Gasteiger partial charge in [-0.15, -0.1) is 0 Å². The number of unbranched alkanes of at least 4 members (excludes halogenated alkanes) is 3. The molecule has 134 valence electrons. The molecule has 0 amide bonds. The van der Waals surface area contributed by atoms with Crippen molar-refractivity contribution >= 4 is 12.6 Å². The van der Waals surface area contributed by atoms with Crippen molar-refractivity contribution in [3.8, 4) is 11.8 Å². The zero-order chi connectivity index (χ0) is 18.5. The third-order valence-electron chi connectivity index (χ3n) is 4.40. The van der Waals surface area contributed by atoms with Crippen molar-refractivity contribution in [1.29, 1.82) is 5.26 Å². The summed E-state index contributed by atoms with van der Waals surface area (Å²) >= 11 is 4.82. The molecule has 0 saturated heterocycles. The van der Waals surface area contributed by atoms with Crippen LogP contribution in [0.1, 0.15) is 95.6 Å². The van der Waals surface area contributed by atoms with E-state index < -0.39 is 0 Å². The van der Waals surface area contributed by atoms with Crippen molar-refractivity contribution in [2.45, 2.75) is 89.7 Å². The molecule has 0 bridgehead atoms. The number of nitrogens with zero attached hydrogens (tertiary/aromatic N) is 1. The summed E-state index contributed by atoms with van der Waals surface area (Å²) in [6.45, 7) is 12.8. The lowest BCUT2D eigenvalue weighted by Gasteiger charge is -2.29. The van der Waals surface area contributed by atoms with Gasteiger partial charge in [0.25, 0.3) is 0 Å². The Labute approximate surface area is 153 Å². The summed E-state index contributed by atoms with van der Waals surface area (Å²) in [6.07, 6.45) is 4.74. The van der Waals surface area contributed by atoms with Crippen LogP contribution in [0.2, 0.25) is 0 Å². The Morgan fingerprint density at radius 2 is 1.50 bits per heavy atom. The van der Waals surface area contributed by atoms with Gasteiger partial charge in [-0.05, 0) is 40.4 Å². The number of benzene rings is 1. The van der Waals surface area contributed by atoms with Crippen LogP contribution in [-0.4, -0.2) is 5.11 Å². The molecule has 1 atom stereocenters. The Balaban J connectivity index is 3.08. The van der Waals surface area contributed by atoms with Crippen molar-refractivity contribution in [3.63, 3.8) is 0 Å². The van der Waals surface area contributed by atoms with E-state index in [0.717, 1.165) is 36.8 Å². The highest BCUT2D eigenvalue weighted by Gasteiger charge is 2.27. The number of hydrogen-bond donors (Lipinski definition) is 2. The van der Waals surface area contributed by atoms with E-state index in [1.807, 2.05) is 0 Å². The fraction of sp³-hybridized carbons (Fsp3) is 0.667. The maximum absolute atomic E-state index is 10.8. The summed E-state index contributed by atoms with van der Waals surface area (Å²) < 4.78 is 0. The van der Waals surface area contributed by atoms with E-state index in [-0.39, 0.29) is 16.1 Å². The molecule has 3 heteroatoms. The van der Waals surface area contributed by atoms with Gasteiger partial charge in [0.2, 0.25) is 0 Å². The Morgan fingerprint density at radius 1 is 1.00 bits per heavy atom. The summed E-state index contributed by atoms with van der Waals surface area (Å²) in [4.78, 5) is 0. The highest BCUT2D eigenvalue weighted by molar-refractivity contribution is 7.80. The van der Waals surface area contributed by atoms with E-state index in [4.69, 9.17) is 17.9 Å². The minimum atomic E-state index is -0.111. The normalized spacial score (nSPS) is 13.6. The van der Waals surface area contributed by atoms with Gasteiger partial charge >= 0.3 is 0 Å². The van der Waals surface area contributed by atoms with Crippen molar-refractivity contribution in [2.75, 3.05) is 0 Å². The van der Waals surface area contributed by atoms with E-state index >= 15 is 0 Å². The van der Waals surface area contributed by atoms with E-state index in [1.165, 1.54) is 5.56 Å². The van der Waals surface area contributed by atoms with Crippen LogP contribution < -0.4 is 0 Å². The second-order valence-electron chi connectivity index (χ2n) is 8.74. The van der Waals surface area contributed by atoms with Crippen LogP contribution in [0, 0.1) is 11.3 Å². The van der Waals surface area contributed by atoms with Crippen LogP contribution in [0.3, 0.4) is 0 Å². The Morgan fingerprint density at radius 3 is 1.92 bits per heavy atom. The van der Waals surface area contributed by atoms with E-state index in [2.05, 4.69) is 59.7 Å². The first-order valence-electron chi connectivity index (χ1n) is 8.91. The molecule has 0 fully saturated rings. The molecular formula is C21H33NOS. The molecular weight excluding hydrogens is 314 g/mol. The van der Waals surface area contributed by atoms with Gasteiger partial charge in [0.1, 0.15) is 5.75 Å². The number of phenols is 1. The predicted octanol–water partition coefficient (Wildman–Crippen LogP) is 6.43. The van der Waals surface area contributed by atoms with Crippen molar-refractivity contribution in [1.82, 2.24) is 0 Å². The van der Waals surface area contributed by atoms with Crippen molar-refractivity contribution in [2.24, 2.45) is 0 Å². The second kappa shape index (κ2) is 8.30. The molecule has 2 nitrogen and oxygen atoms in total. The summed E-state index contributed by atoms with van der Waals surface area (Å²) in [6, 6.07) is 6.44. The van der Waals surface area contributed by atoms with Gasteiger partial charge in [-0.25, -0.2) is 0 Å². The maximum atomic E-state index is 10.8. The van der Waals surface area contributed by atoms with Crippen LogP contribution in [0.4, 0.5) is 0 Å². The topological polar surface area (TPSA) is 44.0 Å². The molecule has 0 aliphatic rings. The fourth-order valence-corrected chi connectivity index (χ4v) is 3.21. The SMILES string of the molecule is CC(C)(C)c1cc(C(S)CCCCCC#N)cc(C(C)(C)C)c1O. The second-order valence-corrected chi connectivity index (χ2v) is 9.36. The van der Waals surface area contributed by atoms with E-state index in [9.17, 15) is 5.11 Å². The largest absolute Gasteiger partial charge is 0.507 e. The molecule has 1 aromatic carbocycles. The molecule has 1 unspecified atom stereocenters. The van der Waals surface area contributed by atoms with Gasteiger partial charge in [-0.2, -0.15) is 17.9 Å². The first-order chi connectivity index (χ1) is 11.0. The quantitative estimate of drug-likeness (QED) is 0.460. The number of thiol groups is 1. The van der Waals surface area contributed by atoms with E-state index in [0.29, 0.717) is 12.2 Å². The summed E-state index contributed by atoms with van der Waals surface area (Å²) in [7, 11) is 0. The maximum Gasteiger partial charge on any atom is 0.123 e. The highest BCUT2D eigenvalue weighted by Crippen LogP contribution is 2.42. The molecule has 0 aliphatic heterocycles. The van der Waals surface area contributed by atoms with Gasteiger partial charge in [-0.1, -0.05) is 66.5 Å². The van der Waals surface area contributed by atoms with Crippen LogP contribution in [0.25, 0.3) is 0 Å². The first kappa shape index (κ1) is 20.9. The summed E-state index contributed by atoms with van der Waals surface area (Å²) in [5.41, 5.74) is 2.95. The van der Waals surface area contributed by atoms with Gasteiger partial charge in [-0.3, -0.25) is 0 Å². The molecule has 1 N–H and O–H groups in total. The number of hydrogen-bond acceptors (Lipinski definition) is 3. The average molecular weight is 348 g/mol. The lowest BCUT2D eigenvalue weighted by molar-refractivity contribution is 0.422. The third-order valence-corrected chi connectivity index (χ3v) is 4.96. The van der Waals surface area contributed by atoms with Gasteiger partial charge in [0.15, 0.2) is 0 Å². The lowest BCUT2D eigenvalue weighted by atomic mass is 9.78. The Kier molecular flexibility index (Phi) is 7.23. The lowest BCUT2D eigenvalue weighted by Crippen LogP contribution is -2.18. The highest BCUT2D eigenvalue weighted by atomic mass is 32.1. The minimum absolute atomic E-state index is 0.111. The van der Waals surface area contributed by atoms with Crippen LogP contribution >= 0.6 is 12.6 Å². The number of aromatic hydroxyl groups is 1. The molecule has 0 saturated carbocycles. The molecule has 1 aromatic rings. The molecule has 0 aliphatic carbocycles. The van der Waals surface area contributed by atoms with Crippen molar-refractivity contribution < 1.29 is 5.11 Å². The van der Waals surface area contributed by atoms with Crippen molar-refractivity contribution in [3.05, 3.63) is 28.8 Å². The Hall–Kier alpha value is -1.14. The van der Waals surface area contributed by atoms with E-state index in [1.54, 1.807) is 0 Å². The first-order valence-corrected chi connectivity index (χ1v) is 9.43. The number of rotatable bonds is 6. The molecule has 0 radical (unpaired) electrons.